The van der Waals surface area contributed by atoms with Crippen LogP contribution in [0, 0.1) is 0 Å². The van der Waals surface area contributed by atoms with Crippen molar-refractivity contribution in [3.63, 3.8) is 0 Å². The van der Waals surface area contributed by atoms with E-state index in [0.29, 0.717) is 12.2 Å². The number of amidine groups is 2. The molecule has 1 amide bonds. The minimum Gasteiger partial charge on any atom is -0.505 e. The van der Waals surface area contributed by atoms with Crippen molar-refractivity contribution in [1.82, 2.24) is 4.90 Å². The van der Waals surface area contributed by atoms with Gasteiger partial charge in [0.15, 0.2) is 17.4 Å². The number of hydrogen-bond donors (Lipinski definition) is 4. The second-order valence-corrected chi connectivity index (χ2v) is 8.70. The predicted octanol–water partition coefficient (Wildman–Crippen LogP) is 2.66. The Kier molecular flexibility index (Phi) is 6.35. The van der Waals surface area contributed by atoms with Crippen LogP contribution >= 0.6 is 15.9 Å². The number of nitrogens with zero attached hydrogens (tertiary/aromatic N) is 3. The van der Waals surface area contributed by atoms with Crippen LogP contribution in [0.1, 0.15) is 23.2 Å². The van der Waals surface area contributed by atoms with Gasteiger partial charge in [0, 0.05) is 11.0 Å². The molecule has 0 aliphatic carbocycles. The van der Waals surface area contributed by atoms with E-state index in [1.807, 2.05) is 24.3 Å². The Morgan fingerprint density at radius 1 is 1.13 bits per heavy atom. The SMILES string of the molecule is O=C(c1cccc(NC2=NS(=O)N=C2Nc2ccccc2Br)c1O)N1CCCC1CO. The normalized spacial score (nSPS) is 20.4. The number of anilines is 2. The molecule has 0 radical (unpaired) electrons. The van der Waals surface area contributed by atoms with Crippen molar-refractivity contribution in [2.45, 2.75) is 18.9 Å². The summed E-state index contributed by atoms with van der Waals surface area (Å²) in [5, 5.41) is 26.2. The number of nitrogens with one attached hydrogen (secondary N) is 2. The van der Waals surface area contributed by atoms with Crippen molar-refractivity contribution < 1.29 is 19.2 Å². The van der Waals surface area contributed by atoms with E-state index in [0.717, 1.165) is 17.3 Å². The summed E-state index contributed by atoms with van der Waals surface area (Å²) in [6.45, 7) is 0.410. The van der Waals surface area contributed by atoms with Gasteiger partial charge < -0.3 is 25.7 Å². The Morgan fingerprint density at radius 2 is 1.81 bits per heavy atom. The lowest BCUT2D eigenvalue weighted by molar-refractivity contribution is 0.0674. The summed E-state index contributed by atoms with van der Waals surface area (Å²) >= 11 is 1.62. The Hall–Kier alpha value is -2.76. The molecule has 31 heavy (non-hydrogen) atoms. The van der Waals surface area contributed by atoms with E-state index in [9.17, 15) is 19.2 Å². The van der Waals surface area contributed by atoms with E-state index in [1.165, 1.54) is 6.07 Å². The van der Waals surface area contributed by atoms with Gasteiger partial charge in [-0.3, -0.25) is 4.79 Å². The number of halogens is 1. The molecule has 2 aromatic rings. The number of amides is 1. The second kappa shape index (κ2) is 9.16. The molecule has 0 saturated carbocycles. The number of phenols is 1. The Balaban J connectivity index is 1.57. The summed E-state index contributed by atoms with van der Waals surface area (Å²) in [6, 6.07) is 11.8. The fourth-order valence-electron chi connectivity index (χ4n) is 3.51. The number of para-hydroxylation sites is 2. The average Bonchev–Trinajstić information content (AvgIpc) is 3.37. The van der Waals surface area contributed by atoms with E-state index >= 15 is 0 Å². The second-order valence-electron chi connectivity index (χ2n) is 7.02. The third kappa shape index (κ3) is 4.48. The largest absolute Gasteiger partial charge is 0.505 e. The fourth-order valence-corrected chi connectivity index (χ4v) is 4.51. The number of phenolic OH excluding ortho intramolecular Hbond substituents is 1. The molecule has 4 N–H and O–H groups in total. The first-order chi connectivity index (χ1) is 15.0. The summed E-state index contributed by atoms with van der Waals surface area (Å²) in [5.41, 5.74) is 1.04. The van der Waals surface area contributed by atoms with Crippen LogP contribution in [0.5, 0.6) is 5.75 Å². The van der Waals surface area contributed by atoms with Crippen LogP contribution in [0.25, 0.3) is 0 Å². The van der Waals surface area contributed by atoms with Crippen LogP contribution in [-0.2, 0) is 11.2 Å². The highest BCUT2D eigenvalue weighted by Gasteiger charge is 2.31. The molecule has 11 heteroatoms. The molecule has 0 aromatic heterocycles. The standard InChI is InChI=1S/C20H20BrN5O4S/c21-14-7-1-2-8-15(14)22-18-19(25-31(30)24-18)23-16-9-3-6-13(17(16)28)20(29)26-10-4-5-12(26)11-27/h1-3,6-9,12,27-28H,4-5,10-11H2,(H,22,24)(H,23,25). The zero-order valence-corrected chi connectivity index (χ0v) is 18.7. The van der Waals surface area contributed by atoms with Gasteiger partial charge in [0.1, 0.15) is 0 Å². The van der Waals surface area contributed by atoms with Crippen molar-refractivity contribution in [3.05, 3.63) is 52.5 Å². The maximum atomic E-state index is 12.9. The predicted molar refractivity (Wildman–Crippen MR) is 124 cm³/mol. The summed E-state index contributed by atoms with van der Waals surface area (Å²) in [6.07, 6.45) is 1.53. The fraction of sp³-hybridized carbons (Fsp3) is 0.250. The summed E-state index contributed by atoms with van der Waals surface area (Å²) < 4.78 is 20.7. The number of likely N-dealkylation sites (tertiary alicyclic amines) is 1. The maximum Gasteiger partial charge on any atom is 0.269 e. The van der Waals surface area contributed by atoms with Crippen molar-refractivity contribution in [2.24, 2.45) is 8.80 Å². The van der Waals surface area contributed by atoms with Crippen LogP contribution in [0.3, 0.4) is 0 Å². The molecule has 2 heterocycles. The highest BCUT2D eigenvalue weighted by atomic mass is 79.9. The van der Waals surface area contributed by atoms with Gasteiger partial charge in [-0.05, 0) is 53.0 Å². The van der Waals surface area contributed by atoms with E-state index in [2.05, 4.69) is 35.4 Å². The molecular formula is C20H20BrN5O4S. The van der Waals surface area contributed by atoms with Crippen LogP contribution < -0.4 is 10.6 Å². The number of aromatic hydroxyl groups is 1. The monoisotopic (exact) mass is 505 g/mol. The van der Waals surface area contributed by atoms with Crippen molar-refractivity contribution >= 4 is 56.1 Å². The van der Waals surface area contributed by atoms with E-state index in [1.54, 1.807) is 17.0 Å². The smallest absolute Gasteiger partial charge is 0.269 e. The van der Waals surface area contributed by atoms with E-state index in [-0.39, 0.29) is 47.2 Å². The first-order valence-electron chi connectivity index (χ1n) is 9.60. The lowest BCUT2D eigenvalue weighted by Crippen LogP contribution is -2.37. The quantitative estimate of drug-likeness (QED) is 0.473. The van der Waals surface area contributed by atoms with E-state index < -0.39 is 11.2 Å². The van der Waals surface area contributed by atoms with Gasteiger partial charge in [0.05, 0.1) is 29.6 Å². The molecular weight excluding hydrogens is 486 g/mol. The number of aliphatic hydroxyl groups excluding tert-OH is 1. The average molecular weight is 506 g/mol. The maximum absolute atomic E-state index is 12.9. The number of aliphatic hydroxyl groups is 1. The third-order valence-electron chi connectivity index (χ3n) is 5.06. The van der Waals surface area contributed by atoms with Gasteiger partial charge >= 0.3 is 0 Å². The first kappa shape index (κ1) is 21.5. The van der Waals surface area contributed by atoms with Crippen LogP contribution in [0.4, 0.5) is 11.4 Å². The molecule has 0 bridgehead atoms. The molecule has 2 unspecified atom stereocenters. The molecule has 4 rings (SSSR count). The topological polar surface area (TPSA) is 127 Å². The number of hydrogen-bond acceptors (Lipinski definition) is 6. The van der Waals surface area contributed by atoms with Gasteiger partial charge in [-0.15, -0.1) is 8.80 Å². The number of rotatable bonds is 4. The molecule has 1 saturated heterocycles. The number of carbonyl (C=O) groups is 1. The summed E-state index contributed by atoms with van der Waals surface area (Å²) in [7, 11) is 0. The molecule has 2 aliphatic rings. The molecule has 2 atom stereocenters. The summed E-state index contributed by atoms with van der Waals surface area (Å²) in [4.78, 5) is 14.5. The molecule has 1 fully saturated rings. The Labute approximate surface area is 189 Å². The van der Waals surface area contributed by atoms with Gasteiger partial charge in [0.25, 0.3) is 17.1 Å². The molecule has 0 spiro atoms. The van der Waals surface area contributed by atoms with Gasteiger partial charge in [0.2, 0.25) is 0 Å². The van der Waals surface area contributed by atoms with Crippen molar-refractivity contribution in [1.29, 1.82) is 0 Å². The lowest BCUT2D eigenvalue weighted by atomic mass is 10.1. The highest BCUT2D eigenvalue weighted by molar-refractivity contribution is 9.10. The minimum absolute atomic E-state index is 0.113. The number of carbonyl (C=O) groups excluding carboxylic acids is 1. The molecule has 2 aromatic carbocycles. The van der Waals surface area contributed by atoms with Crippen molar-refractivity contribution in [3.8, 4) is 5.75 Å². The van der Waals surface area contributed by atoms with Crippen molar-refractivity contribution in [2.75, 3.05) is 23.8 Å². The highest BCUT2D eigenvalue weighted by Crippen LogP contribution is 2.31. The van der Waals surface area contributed by atoms with Gasteiger partial charge in [-0.25, -0.2) is 4.21 Å². The van der Waals surface area contributed by atoms with Crippen LogP contribution in [-0.4, -0.2) is 56.1 Å². The zero-order chi connectivity index (χ0) is 22.0. The zero-order valence-electron chi connectivity index (χ0n) is 16.3. The Morgan fingerprint density at radius 3 is 2.52 bits per heavy atom. The molecule has 162 valence electrons. The first-order valence-corrected chi connectivity index (χ1v) is 11.5. The molecule has 2 aliphatic heterocycles. The third-order valence-corrected chi connectivity index (χ3v) is 6.43. The van der Waals surface area contributed by atoms with Gasteiger partial charge in [-0.1, -0.05) is 18.2 Å². The summed E-state index contributed by atoms with van der Waals surface area (Å²) in [5.74, 6) is -0.198. The van der Waals surface area contributed by atoms with Crippen LogP contribution in [0.2, 0.25) is 0 Å². The molecule has 9 nitrogen and oxygen atoms in total. The van der Waals surface area contributed by atoms with E-state index in [4.69, 9.17) is 0 Å². The minimum atomic E-state index is -1.81. The Bertz CT molecular complexity index is 1110. The lowest BCUT2D eigenvalue weighted by Gasteiger charge is -2.24. The number of benzene rings is 2. The van der Waals surface area contributed by atoms with Crippen LogP contribution in [0.15, 0.2) is 55.7 Å². The van der Waals surface area contributed by atoms with Gasteiger partial charge in [-0.2, -0.15) is 0 Å².